The van der Waals surface area contributed by atoms with Crippen LogP contribution in [-0.4, -0.2) is 51.0 Å². The van der Waals surface area contributed by atoms with Gasteiger partial charge >= 0.3 is 0 Å². The molecule has 0 unspecified atom stereocenters. The van der Waals surface area contributed by atoms with Crippen LogP contribution >= 0.6 is 24.0 Å². The number of nitrogens with one attached hydrogen (secondary N) is 2. The molecule has 29 heavy (non-hydrogen) atoms. The van der Waals surface area contributed by atoms with Gasteiger partial charge in [0.05, 0.1) is 0 Å². The van der Waals surface area contributed by atoms with Crippen molar-refractivity contribution in [3.8, 4) is 0 Å². The fourth-order valence-corrected chi connectivity index (χ4v) is 2.92. The summed E-state index contributed by atoms with van der Waals surface area (Å²) in [6.45, 7) is 3.33. The Morgan fingerprint density at radius 2 is 1.76 bits per heavy atom. The molecule has 0 heterocycles. The summed E-state index contributed by atoms with van der Waals surface area (Å²) < 4.78 is 13.2. The molecule has 7 heteroatoms. The van der Waals surface area contributed by atoms with Crippen LogP contribution in [0.2, 0.25) is 0 Å². The second kappa shape index (κ2) is 12.4. The summed E-state index contributed by atoms with van der Waals surface area (Å²) in [5.74, 6) is 0.520. The summed E-state index contributed by atoms with van der Waals surface area (Å²) in [5.41, 5.74) is 3.86. The number of aliphatic imine (C=N–C) groups is 1. The van der Waals surface area contributed by atoms with E-state index < -0.39 is 0 Å². The lowest BCUT2D eigenvalue weighted by atomic mass is 10.1. The second-order valence-corrected chi connectivity index (χ2v) is 6.90. The highest BCUT2D eigenvalue weighted by Crippen LogP contribution is 2.10. The van der Waals surface area contributed by atoms with Crippen LogP contribution in [0.25, 0.3) is 0 Å². The van der Waals surface area contributed by atoms with Gasteiger partial charge in [0, 0.05) is 39.8 Å². The van der Waals surface area contributed by atoms with Crippen molar-refractivity contribution in [3.05, 3.63) is 70.5 Å². The number of nitrogens with zero attached hydrogens (tertiary/aromatic N) is 2. The predicted octanol–water partition coefficient (Wildman–Crippen LogP) is 3.40. The third kappa shape index (κ3) is 8.00. The summed E-state index contributed by atoms with van der Waals surface area (Å²) in [5, 5.41) is 6.56. The molecular weight excluding hydrogens is 482 g/mol. The van der Waals surface area contributed by atoms with Gasteiger partial charge in [-0.1, -0.05) is 18.2 Å². The third-order valence-electron chi connectivity index (χ3n) is 4.50. The van der Waals surface area contributed by atoms with E-state index in [9.17, 15) is 9.18 Å². The standard InChI is InChI=1S/C22H29FN4O.HI/c1-16-14-20(23)9-8-18(16)11-13-26-22(24-2)25-12-10-17-6-5-7-19(15-17)21(28)27(3)4;/h5-9,14-15H,10-13H2,1-4H3,(H2,24,25,26);1H. The minimum Gasteiger partial charge on any atom is -0.356 e. The maximum atomic E-state index is 13.2. The number of amides is 1. The van der Waals surface area contributed by atoms with E-state index >= 15 is 0 Å². The van der Waals surface area contributed by atoms with Gasteiger partial charge in [-0.05, 0) is 60.7 Å². The van der Waals surface area contributed by atoms with E-state index in [1.54, 1.807) is 32.1 Å². The van der Waals surface area contributed by atoms with E-state index in [1.807, 2.05) is 37.3 Å². The normalized spacial score (nSPS) is 10.9. The van der Waals surface area contributed by atoms with Crippen molar-refractivity contribution in [2.45, 2.75) is 19.8 Å². The Labute approximate surface area is 189 Å². The van der Waals surface area contributed by atoms with E-state index in [2.05, 4.69) is 15.6 Å². The molecule has 0 aliphatic carbocycles. The first kappa shape index (κ1) is 24.9. The lowest BCUT2D eigenvalue weighted by Gasteiger charge is -2.14. The second-order valence-electron chi connectivity index (χ2n) is 6.90. The zero-order chi connectivity index (χ0) is 20.5. The lowest BCUT2D eigenvalue weighted by Crippen LogP contribution is -2.39. The SMILES string of the molecule is CN=C(NCCc1cccc(C(=O)N(C)C)c1)NCCc1ccc(F)cc1C.I. The highest BCUT2D eigenvalue weighted by molar-refractivity contribution is 14.0. The number of aryl methyl sites for hydroxylation is 1. The molecule has 0 fully saturated rings. The van der Waals surface area contributed by atoms with Crippen LogP contribution in [-0.2, 0) is 12.8 Å². The number of carbonyl (C=O) groups excluding carboxylic acids is 1. The summed E-state index contributed by atoms with van der Waals surface area (Å²) in [6.07, 6.45) is 1.58. The lowest BCUT2D eigenvalue weighted by molar-refractivity contribution is 0.0827. The highest BCUT2D eigenvalue weighted by atomic mass is 127. The molecule has 5 nitrogen and oxygen atoms in total. The predicted molar refractivity (Wildman–Crippen MR) is 128 cm³/mol. The van der Waals surface area contributed by atoms with Crippen molar-refractivity contribution in [1.82, 2.24) is 15.5 Å². The zero-order valence-electron chi connectivity index (χ0n) is 17.5. The molecule has 0 saturated carbocycles. The number of rotatable bonds is 7. The topological polar surface area (TPSA) is 56.7 Å². The Balaban J connectivity index is 0.00000420. The molecule has 158 valence electrons. The molecule has 0 atom stereocenters. The van der Waals surface area contributed by atoms with Crippen LogP contribution in [0.1, 0.15) is 27.0 Å². The Morgan fingerprint density at radius 1 is 1.07 bits per heavy atom. The van der Waals surface area contributed by atoms with Gasteiger partial charge in [0.15, 0.2) is 5.96 Å². The van der Waals surface area contributed by atoms with Gasteiger partial charge in [-0.3, -0.25) is 9.79 Å². The van der Waals surface area contributed by atoms with Gasteiger partial charge in [-0.15, -0.1) is 24.0 Å². The smallest absolute Gasteiger partial charge is 0.253 e. The molecular formula is C22H30FIN4O. The summed E-state index contributed by atoms with van der Waals surface area (Å²) in [6, 6.07) is 12.5. The average molecular weight is 512 g/mol. The van der Waals surface area contributed by atoms with E-state index in [1.165, 1.54) is 6.07 Å². The Kier molecular flexibility index (Phi) is 10.6. The number of hydrogen-bond donors (Lipinski definition) is 2. The Hall–Kier alpha value is -2.16. The molecule has 0 aliphatic rings. The van der Waals surface area contributed by atoms with Crippen molar-refractivity contribution in [1.29, 1.82) is 0 Å². The molecule has 0 aromatic heterocycles. The average Bonchev–Trinajstić information content (AvgIpc) is 2.67. The van der Waals surface area contributed by atoms with Gasteiger partial charge in [-0.2, -0.15) is 0 Å². The molecule has 0 spiro atoms. The quantitative estimate of drug-likeness (QED) is 0.340. The van der Waals surface area contributed by atoms with Crippen molar-refractivity contribution in [2.24, 2.45) is 4.99 Å². The maximum absolute atomic E-state index is 13.2. The number of carbonyl (C=O) groups is 1. The molecule has 0 bridgehead atoms. The summed E-state index contributed by atoms with van der Waals surface area (Å²) >= 11 is 0. The first-order valence-electron chi connectivity index (χ1n) is 9.41. The molecule has 2 aromatic rings. The number of guanidine groups is 1. The van der Waals surface area contributed by atoms with Crippen LogP contribution in [0.3, 0.4) is 0 Å². The third-order valence-corrected chi connectivity index (χ3v) is 4.50. The minimum atomic E-state index is -0.206. The molecule has 2 aromatic carbocycles. The van der Waals surface area contributed by atoms with E-state index in [0.717, 1.165) is 35.5 Å². The summed E-state index contributed by atoms with van der Waals surface area (Å²) in [7, 11) is 5.23. The number of benzene rings is 2. The number of hydrogen-bond acceptors (Lipinski definition) is 2. The van der Waals surface area contributed by atoms with E-state index in [4.69, 9.17) is 0 Å². The Morgan fingerprint density at radius 3 is 2.38 bits per heavy atom. The van der Waals surface area contributed by atoms with Crippen LogP contribution in [0.5, 0.6) is 0 Å². The largest absolute Gasteiger partial charge is 0.356 e. The summed E-state index contributed by atoms with van der Waals surface area (Å²) in [4.78, 5) is 17.9. The number of halogens is 2. The van der Waals surface area contributed by atoms with Crippen molar-refractivity contribution < 1.29 is 9.18 Å². The maximum Gasteiger partial charge on any atom is 0.253 e. The molecule has 0 saturated heterocycles. The molecule has 2 rings (SSSR count). The Bertz CT molecular complexity index is 839. The van der Waals surface area contributed by atoms with Crippen LogP contribution < -0.4 is 10.6 Å². The van der Waals surface area contributed by atoms with E-state index in [-0.39, 0.29) is 35.7 Å². The van der Waals surface area contributed by atoms with Crippen molar-refractivity contribution in [2.75, 3.05) is 34.2 Å². The van der Waals surface area contributed by atoms with Gasteiger partial charge in [0.1, 0.15) is 5.82 Å². The highest BCUT2D eigenvalue weighted by Gasteiger charge is 2.08. The fraction of sp³-hybridized carbons (Fsp3) is 0.364. The van der Waals surface area contributed by atoms with Crippen LogP contribution in [0.15, 0.2) is 47.5 Å². The fourth-order valence-electron chi connectivity index (χ4n) is 2.92. The van der Waals surface area contributed by atoms with E-state index in [0.29, 0.717) is 18.7 Å². The van der Waals surface area contributed by atoms with Gasteiger partial charge < -0.3 is 15.5 Å². The van der Waals surface area contributed by atoms with Crippen LogP contribution in [0.4, 0.5) is 4.39 Å². The van der Waals surface area contributed by atoms with Crippen molar-refractivity contribution >= 4 is 35.8 Å². The monoisotopic (exact) mass is 512 g/mol. The first-order chi connectivity index (χ1) is 13.4. The van der Waals surface area contributed by atoms with Gasteiger partial charge in [0.2, 0.25) is 0 Å². The van der Waals surface area contributed by atoms with Crippen LogP contribution in [0, 0.1) is 12.7 Å². The molecule has 1 amide bonds. The molecule has 0 aliphatic heterocycles. The minimum absolute atomic E-state index is 0. The first-order valence-corrected chi connectivity index (χ1v) is 9.41. The van der Waals surface area contributed by atoms with Gasteiger partial charge in [-0.25, -0.2) is 4.39 Å². The zero-order valence-corrected chi connectivity index (χ0v) is 19.8. The van der Waals surface area contributed by atoms with Crippen molar-refractivity contribution in [3.63, 3.8) is 0 Å². The van der Waals surface area contributed by atoms with Gasteiger partial charge in [0.25, 0.3) is 5.91 Å². The molecule has 2 N–H and O–H groups in total. The molecule has 0 radical (unpaired) electrons.